The summed E-state index contributed by atoms with van der Waals surface area (Å²) in [5.41, 5.74) is 0. The van der Waals surface area contributed by atoms with Gasteiger partial charge in [-0.1, -0.05) is 0 Å². The molecule has 0 amide bonds. The third-order valence-electron chi connectivity index (χ3n) is 2.78. The number of carbonyl (C=O) groups is 1. The Labute approximate surface area is 95.0 Å². The molecule has 1 aliphatic carbocycles. The van der Waals surface area contributed by atoms with E-state index in [-0.39, 0.29) is 11.9 Å². The number of methoxy groups -OCH3 is 1. The van der Waals surface area contributed by atoms with E-state index in [9.17, 15) is 4.79 Å². The molecule has 1 fully saturated rings. The second kappa shape index (κ2) is 4.70. The molecular formula is C12H17NO3. The van der Waals surface area contributed by atoms with Crippen molar-refractivity contribution in [1.82, 2.24) is 5.32 Å². The SMILES string of the molecule is COC(=O)C(CNC1CC1)c1ccc(C)o1. The number of carbonyl (C=O) groups excluding carboxylic acids is 1. The van der Waals surface area contributed by atoms with Crippen molar-refractivity contribution in [3.63, 3.8) is 0 Å². The number of nitrogens with one attached hydrogen (secondary N) is 1. The van der Waals surface area contributed by atoms with Crippen LogP contribution >= 0.6 is 0 Å². The van der Waals surface area contributed by atoms with Gasteiger partial charge in [-0.2, -0.15) is 0 Å². The number of aryl methyl sites for hydroxylation is 1. The standard InChI is InChI=1S/C12H17NO3/c1-8-3-6-11(16-8)10(12(14)15-2)7-13-9-4-5-9/h3,6,9-10,13H,4-5,7H2,1-2H3. The van der Waals surface area contributed by atoms with Crippen LogP contribution in [0.3, 0.4) is 0 Å². The molecule has 16 heavy (non-hydrogen) atoms. The summed E-state index contributed by atoms with van der Waals surface area (Å²) >= 11 is 0. The molecule has 1 atom stereocenters. The van der Waals surface area contributed by atoms with Gasteiger partial charge in [0.25, 0.3) is 0 Å². The molecule has 0 bridgehead atoms. The monoisotopic (exact) mass is 223 g/mol. The van der Waals surface area contributed by atoms with Crippen LogP contribution in [0.2, 0.25) is 0 Å². The Morgan fingerprint density at radius 3 is 2.88 bits per heavy atom. The lowest BCUT2D eigenvalue weighted by molar-refractivity contribution is -0.142. The van der Waals surface area contributed by atoms with Gasteiger partial charge in [-0.15, -0.1) is 0 Å². The Morgan fingerprint density at radius 1 is 1.62 bits per heavy atom. The molecule has 4 heteroatoms. The Kier molecular flexibility index (Phi) is 3.29. The van der Waals surface area contributed by atoms with E-state index in [1.54, 1.807) is 0 Å². The molecule has 1 saturated carbocycles. The van der Waals surface area contributed by atoms with Crippen molar-refractivity contribution in [2.45, 2.75) is 31.7 Å². The lowest BCUT2D eigenvalue weighted by Gasteiger charge is -2.12. The van der Waals surface area contributed by atoms with Crippen LogP contribution in [0.15, 0.2) is 16.5 Å². The van der Waals surface area contributed by atoms with Crippen LogP contribution in [-0.4, -0.2) is 25.7 Å². The molecule has 0 aromatic carbocycles. The van der Waals surface area contributed by atoms with Crippen molar-refractivity contribution in [3.05, 3.63) is 23.7 Å². The summed E-state index contributed by atoms with van der Waals surface area (Å²) in [7, 11) is 1.41. The maximum absolute atomic E-state index is 11.6. The summed E-state index contributed by atoms with van der Waals surface area (Å²) in [5.74, 6) is 0.912. The van der Waals surface area contributed by atoms with Crippen molar-refractivity contribution < 1.29 is 13.9 Å². The lowest BCUT2D eigenvalue weighted by atomic mass is 10.1. The van der Waals surface area contributed by atoms with E-state index in [4.69, 9.17) is 9.15 Å². The van der Waals surface area contributed by atoms with E-state index >= 15 is 0 Å². The molecule has 0 spiro atoms. The molecule has 4 nitrogen and oxygen atoms in total. The predicted octanol–water partition coefficient (Wildman–Crippen LogP) is 1.60. The van der Waals surface area contributed by atoms with Gasteiger partial charge in [0, 0.05) is 12.6 Å². The van der Waals surface area contributed by atoms with E-state index in [2.05, 4.69) is 5.32 Å². The molecule has 0 radical (unpaired) electrons. The fourth-order valence-corrected chi connectivity index (χ4v) is 1.66. The summed E-state index contributed by atoms with van der Waals surface area (Å²) in [5, 5.41) is 3.32. The van der Waals surface area contributed by atoms with Crippen LogP contribution in [0, 0.1) is 6.92 Å². The minimum Gasteiger partial charge on any atom is -0.468 e. The molecule has 1 N–H and O–H groups in total. The molecule has 0 saturated heterocycles. The summed E-state index contributed by atoms with van der Waals surface area (Å²) in [4.78, 5) is 11.6. The topological polar surface area (TPSA) is 51.5 Å². The van der Waals surface area contributed by atoms with Gasteiger partial charge in [-0.05, 0) is 31.9 Å². The molecule has 1 aromatic heterocycles. The number of esters is 1. The summed E-state index contributed by atoms with van der Waals surface area (Å²) < 4.78 is 10.3. The zero-order valence-corrected chi connectivity index (χ0v) is 9.66. The van der Waals surface area contributed by atoms with Crippen molar-refractivity contribution in [3.8, 4) is 0 Å². The first kappa shape index (κ1) is 11.2. The largest absolute Gasteiger partial charge is 0.468 e. The summed E-state index contributed by atoms with van der Waals surface area (Å²) in [6.45, 7) is 2.45. The second-order valence-electron chi connectivity index (χ2n) is 4.21. The summed E-state index contributed by atoms with van der Waals surface area (Å²) in [6.07, 6.45) is 2.40. The maximum atomic E-state index is 11.6. The van der Waals surface area contributed by atoms with Gasteiger partial charge in [0.05, 0.1) is 7.11 Å². The first-order valence-electron chi connectivity index (χ1n) is 5.58. The van der Waals surface area contributed by atoms with Crippen LogP contribution in [0.5, 0.6) is 0 Å². The Hall–Kier alpha value is -1.29. The van der Waals surface area contributed by atoms with Crippen LogP contribution in [0.25, 0.3) is 0 Å². The highest BCUT2D eigenvalue weighted by atomic mass is 16.5. The third kappa shape index (κ3) is 2.64. The zero-order valence-electron chi connectivity index (χ0n) is 9.66. The van der Waals surface area contributed by atoms with Gasteiger partial charge in [0.2, 0.25) is 0 Å². The second-order valence-corrected chi connectivity index (χ2v) is 4.21. The number of hydrogen-bond donors (Lipinski definition) is 1. The Bertz CT molecular complexity index is 368. The van der Waals surface area contributed by atoms with E-state index in [0.717, 1.165) is 5.76 Å². The van der Waals surface area contributed by atoms with Crippen molar-refractivity contribution in [1.29, 1.82) is 0 Å². The number of rotatable bonds is 5. The van der Waals surface area contributed by atoms with Gasteiger partial charge < -0.3 is 14.5 Å². The average molecular weight is 223 g/mol. The molecule has 1 aromatic rings. The van der Waals surface area contributed by atoms with Gasteiger partial charge in [-0.25, -0.2) is 0 Å². The van der Waals surface area contributed by atoms with E-state index in [1.165, 1.54) is 20.0 Å². The summed E-state index contributed by atoms with van der Waals surface area (Å²) in [6, 6.07) is 4.27. The van der Waals surface area contributed by atoms with Gasteiger partial charge in [0.1, 0.15) is 17.4 Å². The molecule has 0 aliphatic heterocycles. The first-order valence-corrected chi connectivity index (χ1v) is 5.58. The molecule has 2 rings (SSSR count). The molecule has 1 heterocycles. The van der Waals surface area contributed by atoms with E-state index in [1.807, 2.05) is 19.1 Å². The fourth-order valence-electron chi connectivity index (χ4n) is 1.66. The highest BCUT2D eigenvalue weighted by Gasteiger charge is 2.28. The molecule has 88 valence electrons. The molecular weight excluding hydrogens is 206 g/mol. The van der Waals surface area contributed by atoms with Crippen LogP contribution < -0.4 is 5.32 Å². The Morgan fingerprint density at radius 2 is 2.38 bits per heavy atom. The normalized spacial score (nSPS) is 17.1. The highest BCUT2D eigenvalue weighted by Crippen LogP contribution is 2.23. The number of ether oxygens (including phenoxy) is 1. The van der Waals surface area contributed by atoms with E-state index < -0.39 is 0 Å². The van der Waals surface area contributed by atoms with Gasteiger partial charge >= 0.3 is 5.97 Å². The van der Waals surface area contributed by atoms with Gasteiger partial charge in [-0.3, -0.25) is 4.79 Å². The first-order chi connectivity index (χ1) is 7.70. The Balaban J connectivity index is 2.03. The fraction of sp³-hybridized carbons (Fsp3) is 0.583. The smallest absolute Gasteiger partial charge is 0.317 e. The third-order valence-corrected chi connectivity index (χ3v) is 2.78. The lowest BCUT2D eigenvalue weighted by Crippen LogP contribution is -2.28. The van der Waals surface area contributed by atoms with Crippen LogP contribution in [0.4, 0.5) is 0 Å². The van der Waals surface area contributed by atoms with E-state index in [0.29, 0.717) is 18.3 Å². The maximum Gasteiger partial charge on any atom is 0.317 e. The van der Waals surface area contributed by atoms with Crippen molar-refractivity contribution in [2.75, 3.05) is 13.7 Å². The van der Waals surface area contributed by atoms with Crippen LogP contribution in [0.1, 0.15) is 30.3 Å². The number of furan rings is 1. The zero-order chi connectivity index (χ0) is 11.5. The average Bonchev–Trinajstić information content (AvgIpc) is 3.01. The minimum atomic E-state index is -0.334. The van der Waals surface area contributed by atoms with Crippen LogP contribution in [-0.2, 0) is 9.53 Å². The predicted molar refractivity (Wildman–Crippen MR) is 59.2 cm³/mol. The number of hydrogen-bond acceptors (Lipinski definition) is 4. The molecule has 1 unspecified atom stereocenters. The van der Waals surface area contributed by atoms with Gasteiger partial charge in [0.15, 0.2) is 0 Å². The highest BCUT2D eigenvalue weighted by molar-refractivity contribution is 5.77. The van der Waals surface area contributed by atoms with Crippen molar-refractivity contribution in [2.24, 2.45) is 0 Å². The minimum absolute atomic E-state index is 0.248. The molecule has 1 aliphatic rings. The van der Waals surface area contributed by atoms with Crippen molar-refractivity contribution >= 4 is 5.97 Å². The quantitative estimate of drug-likeness (QED) is 0.770.